The number of para-hydroxylation sites is 2. The van der Waals surface area contributed by atoms with E-state index in [1.807, 2.05) is 0 Å². The summed E-state index contributed by atoms with van der Waals surface area (Å²) in [4.78, 5) is 2.47. The predicted octanol–water partition coefficient (Wildman–Crippen LogP) is 13.6. The van der Waals surface area contributed by atoms with Crippen LogP contribution in [-0.4, -0.2) is 19.1 Å². The first kappa shape index (κ1) is 30.3. The molecule has 0 bridgehead atoms. The van der Waals surface area contributed by atoms with Crippen LogP contribution in [0, 0.1) is 0 Å². The SMILES string of the molecule is c1ccc(-n2c3ccccc3c3ccc(-c4ccc(N(c5ccc6c(c5)[se]c5ccccc56)c5cc6ccccc6c6ccccc56)cc4)cc32)cc1. The van der Waals surface area contributed by atoms with E-state index in [1.54, 1.807) is 0 Å². The van der Waals surface area contributed by atoms with E-state index in [0.717, 1.165) is 5.69 Å². The number of hydrogen-bond acceptors (Lipinski definition) is 1. The van der Waals surface area contributed by atoms with Crippen LogP contribution in [0.3, 0.4) is 0 Å². The predicted molar refractivity (Wildman–Crippen MR) is 228 cm³/mol. The zero-order valence-corrected chi connectivity index (χ0v) is 30.5. The molecular weight excluding hydrogens is 708 g/mol. The Bertz CT molecular complexity index is 3170. The van der Waals surface area contributed by atoms with Crippen molar-refractivity contribution in [1.82, 2.24) is 4.57 Å². The summed E-state index contributed by atoms with van der Waals surface area (Å²) in [7, 11) is 0. The molecule has 0 saturated carbocycles. The molecule has 0 amide bonds. The van der Waals surface area contributed by atoms with Crippen LogP contribution in [0.25, 0.3) is 79.5 Å². The van der Waals surface area contributed by atoms with E-state index >= 15 is 0 Å². The molecule has 248 valence electrons. The second-order valence-electron chi connectivity index (χ2n) is 13.7. The molecule has 2 nitrogen and oxygen atoms in total. The first-order chi connectivity index (χ1) is 26.3. The van der Waals surface area contributed by atoms with Crippen LogP contribution >= 0.6 is 0 Å². The van der Waals surface area contributed by atoms with Gasteiger partial charge in [0.05, 0.1) is 5.52 Å². The minimum absolute atomic E-state index is 0.268. The van der Waals surface area contributed by atoms with Gasteiger partial charge >= 0.3 is 243 Å². The number of nitrogens with zero attached hydrogens (tertiary/aromatic N) is 2. The maximum Gasteiger partial charge on any atom is -0.0380 e. The van der Waals surface area contributed by atoms with Gasteiger partial charge in [0.15, 0.2) is 0 Å². The van der Waals surface area contributed by atoms with E-state index in [-0.39, 0.29) is 14.5 Å². The van der Waals surface area contributed by atoms with Gasteiger partial charge in [-0.3, -0.25) is 0 Å². The summed E-state index contributed by atoms with van der Waals surface area (Å²) in [6.07, 6.45) is 0. The smallest absolute Gasteiger partial charge is 0.0380 e. The maximum atomic E-state index is 2.47. The van der Waals surface area contributed by atoms with Gasteiger partial charge < -0.3 is 0 Å². The third-order valence-corrected chi connectivity index (χ3v) is 13.1. The van der Waals surface area contributed by atoms with Crippen LogP contribution in [0.5, 0.6) is 0 Å². The Balaban J connectivity index is 1.09. The third kappa shape index (κ3) is 4.86. The van der Waals surface area contributed by atoms with Crippen molar-refractivity contribution in [3.05, 3.63) is 194 Å². The molecule has 9 aromatic carbocycles. The first-order valence-electron chi connectivity index (χ1n) is 18.1. The van der Waals surface area contributed by atoms with Gasteiger partial charge in [-0.25, -0.2) is 0 Å². The van der Waals surface area contributed by atoms with E-state index in [0.29, 0.717) is 0 Å². The molecule has 2 heterocycles. The molecule has 0 aliphatic heterocycles. The van der Waals surface area contributed by atoms with E-state index in [9.17, 15) is 0 Å². The largest absolute Gasteiger partial charge is 0.0602 e. The zero-order valence-electron chi connectivity index (χ0n) is 28.8. The molecule has 0 spiro atoms. The average Bonchev–Trinajstić information content (AvgIpc) is 3.76. The molecule has 0 radical (unpaired) electrons. The Morgan fingerprint density at radius 1 is 0.358 bits per heavy atom. The summed E-state index contributed by atoms with van der Waals surface area (Å²) < 4.78 is 5.29. The molecule has 0 fully saturated rings. The average molecular weight is 740 g/mol. The second-order valence-corrected chi connectivity index (χ2v) is 16.0. The fourth-order valence-electron chi connectivity index (χ4n) is 8.31. The third-order valence-electron chi connectivity index (χ3n) is 10.8. The van der Waals surface area contributed by atoms with Crippen molar-refractivity contribution >= 4 is 94.2 Å². The van der Waals surface area contributed by atoms with Crippen molar-refractivity contribution in [3.8, 4) is 16.8 Å². The molecule has 3 heteroatoms. The van der Waals surface area contributed by atoms with Crippen LogP contribution in [0.2, 0.25) is 0 Å². The van der Waals surface area contributed by atoms with Gasteiger partial charge in [-0.05, 0) is 18.2 Å². The fourth-order valence-corrected chi connectivity index (χ4v) is 10.7. The Kier molecular flexibility index (Phi) is 6.91. The van der Waals surface area contributed by atoms with Crippen molar-refractivity contribution in [1.29, 1.82) is 0 Å². The van der Waals surface area contributed by atoms with E-state index in [1.165, 1.54) is 90.8 Å². The maximum absolute atomic E-state index is 2.47. The van der Waals surface area contributed by atoms with Gasteiger partial charge in [0, 0.05) is 11.1 Å². The van der Waals surface area contributed by atoms with Gasteiger partial charge in [0.25, 0.3) is 0 Å². The molecule has 2 aromatic heterocycles. The fraction of sp³-hybridized carbons (Fsp3) is 0. The molecule has 53 heavy (non-hydrogen) atoms. The molecule has 0 aliphatic carbocycles. The number of fused-ring (bicyclic) bond motifs is 9. The van der Waals surface area contributed by atoms with E-state index < -0.39 is 0 Å². The molecule has 0 atom stereocenters. The summed E-state index contributed by atoms with van der Waals surface area (Å²) in [5.74, 6) is 0. The number of hydrogen-bond donors (Lipinski definition) is 0. The summed E-state index contributed by atoms with van der Waals surface area (Å²) >= 11 is 0.268. The van der Waals surface area contributed by atoms with Crippen molar-refractivity contribution in [2.24, 2.45) is 0 Å². The Morgan fingerprint density at radius 3 is 1.81 bits per heavy atom. The summed E-state index contributed by atoms with van der Waals surface area (Å²) in [5, 5.41) is 10.3. The van der Waals surface area contributed by atoms with Crippen molar-refractivity contribution in [3.63, 3.8) is 0 Å². The normalized spacial score (nSPS) is 11.8. The number of benzene rings is 9. The minimum atomic E-state index is 0.268. The second kappa shape index (κ2) is 12.1. The van der Waals surface area contributed by atoms with Crippen LogP contribution in [0.4, 0.5) is 17.1 Å². The van der Waals surface area contributed by atoms with Gasteiger partial charge in [0.1, 0.15) is 0 Å². The van der Waals surface area contributed by atoms with Gasteiger partial charge in [-0.2, -0.15) is 0 Å². The Morgan fingerprint density at radius 2 is 0.962 bits per heavy atom. The van der Waals surface area contributed by atoms with Crippen LogP contribution in [0.15, 0.2) is 194 Å². The van der Waals surface area contributed by atoms with Crippen molar-refractivity contribution in [2.45, 2.75) is 0 Å². The molecule has 11 rings (SSSR count). The molecule has 0 unspecified atom stereocenters. The van der Waals surface area contributed by atoms with Gasteiger partial charge in [-0.15, -0.1) is 0 Å². The van der Waals surface area contributed by atoms with Crippen molar-refractivity contribution < 1.29 is 0 Å². The Labute approximate surface area is 313 Å². The molecule has 0 aliphatic rings. The minimum Gasteiger partial charge on any atom is -0.0602 e. The number of anilines is 3. The first-order valence-corrected chi connectivity index (χ1v) is 19.8. The van der Waals surface area contributed by atoms with Crippen LogP contribution in [0.1, 0.15) is 0 Å². The number of aromatic nitrogens is 1. The molecular formula is C50H32N2Se. The van der Waals surface area contributed by atoms with Gasteiger partial charge in [0.2, 0.25) is 0 Å². The van der Waals surface area contributed by atoms with Crippen LogP contribution in [-0.2, 0) is 0 Å². The van der Waals surface area contributed by atoms with Crippen molar-refractivity contribution in [2.75, 3.05) is 4.90 Å². The van der Waals surface area contributed by atoms with E-state index in [4.69, 9.17) is 0 Å². The molecule has 11 aromatic rings. The summed E-state index contributed by atoms with van der Waals surface area (Å²) in [6.45, 7) is 0. The Hall–Kier alpha value is -6.38. The monoisotopic (exact) mass is 740 g/mol. The zero-order chi connectivity index (χ0) is 34.9. The van der Waals surface area contributed by atoms with E-state index in [2.05, 4.69) is 204 Å². The summed E-state index contributed by atoms with van der Waals surface area (Å²) in [6, 6.07) is 71.4. The summed E-state index contributed by atoms with van der Waals surface area (Å²) in [5.41, 5.74) is 9.49. The molecule has 0 saturated heterocycles. The van der Waals surface area contributed by atoms with Gasteiger partial charge in [-0.1, -0.05) is 36.4 Å². The standard InChI is InChI=1S/C50H32N2Se/c1-2-13-36(14-3-1)52-46-20-10-8-18-42(46)43-28-24-34(30-48(43)52)33-22-25-37(26-23-33)51(38-27-29-45-44-19-9-11-21-49(44)53-50(45)32-38)47-31-35-12-4-5-15-39(35)40-16-6-7-17-41(40)47/h1-32H. The molecule has 0 N–H and O–H groups in total. The quantitative estimate of drug-likeness (QED) is 0.126. The van der Waals surface area contributed by atoms with Crippen LogP contribution < -0.4 is 4.90 Å². The number of rotatable bonds is 5. The topological polar surface area (TPSA) is 8.17 Å².